The van der Waals surface area contributed by atoms with E-state index in [-0.39, 0.29) is 5.91 Å². The Bertz CT molecular complexity index is 334. The molecule has 0 aliphatic heterocycles. The van der Waals surface area contributed by atoms with Gasteiger partial charge in [-0.15, -0.1) is 0 Å². The molecule has 1 aromatic rings. The van der Waals surface area contributed by atoms with Crippen molar-refractivity contribution in [3.8, 4) is 0 Å². The second kappa shape index (κ2) is 5.51. The predicted molar refractivity (Wildman–Crippen MR) is 63.0 cm³/mol. The summed E-state index contributed by atoms with van der Waals surface area (Å²) in [6.07, 6.45) is 0.529. The average Bonchev–Trinajstić information content (AvgIpc) is 2.15. The summed E-state index contributed by atoms with van der Waals surface area (Å²) in [5.41, 5.74) is 2.03. The Kier molecular flexibility index (Phi) is 4.31. The van der Waals surface area contributed by atoms with Gasteiger partial charge in [-0.05, 0) is 38.7 Å². The minimum absolute atomic E-state index is 0.0642. The highest BCUT2D eigenvalue weighted by molar-refractivity contribution is 5.90. The lowest BCUT2D eigenvalue weighted by molar-refractivity contribution is -0.116. The topological polar surface area (TPSA) is 32.3 Å². The van der Waals surface area contributed by atoms with Crippen LogP contribution in [0.5, 0.6) is 0 Å². The molecule has 0 fully saturated rings. The van der Waals surface area contributed by atoms with Crippen molar-refractivity contribution in [3.63, 3.8) is 0 Å². The number of aryl methyl sites for hydroxylation is 1. The van der Waals surface area contributed by atoms with E-state index in [4.69, 9.17) is 0 Å². The maximum atomic E-state index is 11.5. The number of hydrogen-bond acceptors (Lipinski definition) is 2. The Hall–Kier alpha value is -1.35. The van der Waals surface area contributed by atoms with Crippen molar-refractivity contribution in [1.82, 2.24) is 4.90 Å². The van der Waals surface area contributed by atoms with Crippen LogP contribution in [0.25, 0.3) is 0 Å². The second-order valence-electron chi connectivity index (χ2n) is 3.97. The second-order valence-corrected chi connectivity index (χ2v) is 3.97. The lowest BCUT2D eigenvalue weighted by Crippen LogP contribution is -2.20. The normalized spacial score (nSPS) is 10.4. The molecule has 0 aliphatic carbocycles. The van der Waals surface area contributed by atoms with Gasteiger partial charge < -0.3 is 10.2 Å². The van der Waals surface area contributed by atoms with Gasteiger partial charge in [0.25, 0.3) is 0 Å². The number of benzene rings is 1. The molecule has 0 aromatic heterocycles. The zero-order valence-electron chi connectivity index (χ0n) is 9.58. The maximum absolute atomic E-state index is 11.5. The van der Waals surface area contributed by atoms with Crippen LogP contribution in [0.2, 0.25) is 0 Å². The zero-order valence-corrected chi connectivity index (χ0v) is 9.58. The molecule has 1 amide bonds. The van der Waals surface area contributed by atoms with Gasteiger partial charge in [0.1, 0.15) is 0 Å². The Morgan fingerprint density at radius 1 is 1.40 bits per heavy atom. The van der Waals surface area contributed by atoms with Gasteiger partial charge in [-0.2, -0.15) is 0 Å². The fourth-order valence-electron chi connectivity index (χ4n) is 1.27. The molecule has 0 bridgehead atoms. The van der Waals surface area contributed by atoms with Crippen molar-refractivity contribution in [2.45, 2.75) is 13.3 Å². The molecule has 1 rings (SSSR count). The van der Waals surface area contributed by atoms with Gasteiger partial charge in [-0.25, -0.2) is 0 Å². The van der Waals surface area contributed by atoms with E-state index >= 15 is 0 Å². The van der Waals surface area contributed by atoms with Gasteiger partial charge in [0.15, 0.2) is 0 Å². The molecule has 0 saturated carbocycles. The first kappa shape index (κ1) is 11.7. The highest BCUT2D eigenvalue weighted by atomic mass is 16.1. The van der Waals surface area contributed by atoms with Crippen molar-refractivity contribution < 1.29 is 4.79 Å². The summed E-state index contributed by atoms with van der Waals surface area (Å²) in [5.74, 6) is 0.0642. The van der Waals surface area contributed by atoms with Gasteiger partial charge in [-0.1, -0.05) is 12.1 Å². The molecule has 0 aliphatic rings. The van der Waals surface area contributed by atoms with Crippen LogP contribution in [0, 0.1) is 6.92 Å². The third-order valence-corrected chi connectivity index (χ3v) is 2.09. The van der Waals surface area contributed by atoms with E-state index < -0.39 is 0 Å². The van der Waals surface area contributed by atoms with Crippen LogP contribution in [0.3, 0.4) is 0 Å². The lowest BCUT2D eigenvalue weighted by Gasteiger charge is -2.09. The van der Waals surface area contributed by atoms with E-state index in [1.807, 2.05) is 50.2 Å². The molecule has 1 N–H and O–H groups in total. The maximum Gasteiger partial charge on any atom is 0.225 e. The van der Waals surface area contributed by atoms with Gasteiger partial charge in [-0.3, -0.25) is 4.79 Å². The molecular weight excluding hydrogens is 188 g/mol. The summed E-state index contributed by atoms with van der Waals surface area (Å²) in [6, 6.07) is 7.82. The Balaban J connectivity index is 2.44. The number of rotatable bonds is 4. The molecule has 15 heavy (non-hydrogen) atoms. The van der Waals surface area contributed by atoms with Crippen molar-refractivity contribution >= 4 is 11.6 Å². The average molecular weight is 206 g/mol. The van der Waals surface area contributed by atoms with E-state index in [0.717, 1.165) is 17.8 Å². The molecule has 0 atom stereocenters. The lowest BCUT2D eigenvalue weighted by atomic mass is 10.2. The molecular formula is C12H18N2O. The van der Waals surface area contributed by atoms with Crippen LogP contribution in [-0.2, 0) is 4.79 Å². The fourth-order valence-corrected chi connectivity index (χ4v) is 1.27. The van der Waals surface area contributed by atoms with Crippen LogP contribution >= 0.6 is 0 Å². The Morgan fingerprint density at radius 2 is 2.13 bits per heavy atom. The first-order chi connectivity index (χ1) is 7.08. The molecule has 82 valence electrons. The Morgan fingerprint density at radius 3 is 2.73 bits per heavy atom. The molecule has 0 heterocycles. The number of carbonyl (C=O) groups is 1. The number of amides is 1. The summed E-state index contributed by atoms with van der Waals surface area (Å²) >= 11 is 0. The summed E-state index contributed by atoms with van der Waals surface area (Å²) < 4.78 is 0. The highest BCUT2D eigenvalue weighted by Gasteiger charge is 2.02. The third kappa shape index (κ3) is 4.61. The summed E-state index contributed by atoms with van der Waals surface area (Å²) in [4.78, 5) is 13.5. The zero-order chi connectivity index (χ0) is 11.3. The molecule has 0 spiro atoms. The largest absolute Gasteiger partial charge is 0.326 e. The van der Waals surface area contributed by atoms with E-state index in [1.54, 1.807) is 0 Å². The van der Waals surface area contributed by atoms with Crippen LogP contribution < -0.4 is 5.32 Å². The quantitative estimate of drug-likeness (QED) is 0.816. The van der Waals surface area contributed by atoms with Crippen LogP contribution in [0.15, 0.2) is 24.3 Å². The van der Waals surface area contributed by atoms with Gasteiger partial charge in [0.05, 0.1) is 0 Å². The van der Waals surface area contributed by atoms with Crippen molar-refractivity contribution in [1.29, 1.82) is 0 Å². The standard InChI is InChI=1S/C12H18N2O/c1-10-5-4-6-11(9-10)13-12(15)7-8-14(2)3/h4-6,9H,7-8H2,1-3H3,(H,13,15). The molecule has 0 saturated heterocycles. The number of anilines is 1. The summed E-state index contributed by atoms with van der Waals surface area (Å²) in [6.45, 7) is 2.78. The van der Waals surface area contributed by atoms with Gasteiger partial charge >= 0.3 is 0 Å². The van der Waals surface area contributed by atoms with Crippen molar-refractivity contribution in [3.05, 3.63) is 29.8 Å². The molecule has 0 radical (unpaired) electrons. The van der Waals surface area contributed by atoms with Crippen molar-refractivity contribution in [2.24, 2.45) is 0 Å². The number of hydrogen-bond donors (Lipinski definition) is 1. The van der Waals surface area contributed by atoms with Gasteiger partial charge in [0.2, 0.25) is 5.91 Å². The van der Waals surface area contributed by atoms with Crippen LogP contribution in [-0.4, -0.2) is 31.4 Å². The first-order valence-corrected chi connectivity index (χ1v) is 5.09. The van der Waals surface area contributed by atoms with E-state index in [9.17, 15) is 4.79 Å². The minimum atomic E-state index is 0.0642. The molecule has 3 nitrogen and oxygen atoms in total. The SMILES string of the molecule is Cc1cccc(NC(=O)CCN(C)C)c1. The third-order valence-electron chi connectivity index (χ3n) is 2.09. The first-order valence-electron chi connectivity index (χ1n) is 5.09. The van der Waals surface area contributed by atoms with Gasteiger partial charge in [0, 0.05) is 18.7 Å². The fraction of sp³-hybridized carbons (Fsp3) is 0.417. The van der Waals surface area contributed by atoms with E-state index in [0.29, 0.717) is 6.42 Å². The van der Waals surface area contributed by atoms with E-state index in [2.05, 4.69) is 5.32 Å². The molecule has 0 unspecified atom stereocenters. The summed E-state index contributed by atoms with van der Waals surface area (Å²) in [5, 5.41) is 2.87. The highest BCUT2D eigenvalue weighted by Crippen LogP contribution is 2.09. The smallest absolute Gasteiger partial charge is 0.225 e. The van der Waals surface area contributed by atoms with Crippen molar-refractivity contribution in [2.75, 3.05) is 26.0 Å². The van der Waals surface area contributed by atoms with Crippen LogP contribution in [0.4, 0.5) is 5.69 Å². The monoisotopic (exact) mass is 206 g/mol. The molecule has 3 heteroatoms. The van der Waals surface area contributed by atoms with E-state index in [1.165, 1.54) is 0 Å². The Labute approximate surface area is 91.1 Å². The predicted octanol–water partition coefficient (Wildman–Crippen LogP) is 1.89. The molecule has 1 aromatic carbocycles. The number of nitrogens with zero attached hydrogens (tertiary/aromatic N) is 1. The summed E-state index contributed by atoms with van der Waals surface area (Å²) in [7, 11) is 3.92. The minimum Gasteiger partial charge on any atom is -0.326 e. The number of nitrogens with one attached hydrogen (secondary N) is 1. The number of carbonyl (C=O) groups excluding carboxylic acids is 1. The van der Waals surface area contributed by atoms with Crippen LogP contribution in [0.1, 0.15) is 12.0 Å².